The highest BCUT2D eigenvalue weighted by atomic mass is 16.7. The second-order valence-electron chi connectivity index (χ2n) is 2.87. The normalized spacial score (nSPS) is 17.3. The Kier molecular flexibility index (Phi) is 3.25. The van der Waals surface area contributed by atoms with Gasteiger partial charge in [0.2, 0.25) is 0 Å². The van der Waals surface area contributed by atoms with Crippen LogP contribution >= 0.6 is 0 Å². The molecule has 1 rings (SSSR count). The van der Waals surface area contributed by atoms with Gasteiger partial charge in [0.05, 0.1) is 0 Å². The van der Waals surface area contributed by atoms with Crippen molar-refractivity contribution in [2.24, 2.45) is 5.11 Å². The first-order valence-corrected chi connectivity index (χ1v) is 4.18. The summed E-state index contributed by atoms with van der Waals surface area (Å²) in [6.45, 7) is 1.30. The topological polar surface area (TPSA) is 112 Å². The van der Waals surface area contributed by atoms with Gasteiger partial charge in [0, 0.05) is 17.8 Å². The fourth-order valence-electron chi connectivity index (χ4n) is 0.949. The van der Waals surface area contributed by atoms with Crippen LogP contribution in [0.25, 0.3) is 10.4 Å². The van der Waals surface area contributed by atoms with E-state index >= 15 is 0 Å². The van der Waals surface area contributed by atoms with Crippen molar-refractivity contribution in [1.82, 2.24) is 5.06 Å². The van der Waals surface area contributed by atoms with Gasteiger partial charge in [-0.3, -0.25) is 9.59 Å². The van der Waals surface area contributed by atoms with Crippen LogP contribution in [0.1, 0.15) is 19.8 Å². The number of carbonyl (C=O) groups is 3. The van der Waals surface area contributed by atoms with Crippen LogP contribution in [0.4, 0.5) is 0 Å². The molecule has 8 heteroatoms. The molecule has 1 atom stereocenters. The number of hydrogen-bond donors (Lipinski definition) is 0. The zero-order chi connectivity index (χ0) is 11.4. The first kappa shape index (κ1) is 11.0. The highest BCUT2D eigenvalue weighted by Gasteiger charge is 2.33. The van der Waals surface area contributed by atoms with Crippen LogP contribution < -0.4 is 0 Å². The molecule has 0 aromatic rings. The average Bonchev–Trinajstić information content (AvgIpc) is 2.49. The Morgan fingerprint density at radius 3 is 2.53 bits per heavy atom. The van der Waals surface area contributed by atoms with Gasteiger partial charge < -0.3 is 4.84 Å². The molecule has 1 heterocycles. The van der Waals surface area contributed by atoms with Crippen molar-refractivity contribution >= 4 is 17.8 Å². The van der Waals surface area contributed by atoms with Crippen molar-refractivity contribution < 1.29 is 19.2 Å². The first-order valence-electron chi connectivity index (χ1n) is 4.18. The zero-order valence-electron chi connectivity index (χ0n) is 7.91. The van der Waals surface area contributed by atoms with Crippen LogP contribution in [-0.4, -0.2) is 28.9 Å². The number of rotatable bonds is 3. The summed E-state index contributed by atoms with van der Waals surface area (Å²) in [5, 5.41) is 3.48. The Morgan fingerprint density at radius 1 is 1.53 bits per heavy atom. The summed E-state index contributed by atoms with van der Waals surface area (Å²) in [4.78, 5) is 40.1. The van der Waals surface area contributed by atoms with E-state index in [9.17, 15) is 14.4 Å². The van der Waals surface area contributed by atoms with Crippen molar-refractivity contribution in [2.75, 3.05) is 0 Å². The summed E-state index contributed by atoms with van der Waals surface area (Å²) >= 11 is 0. The highest BCUT2D eigenvalue weighted by Crippen LogP contribution is 2.12. The minimum absolute atomic E-state index is 0.0298. The maximum atomic E-state index is 11.1. The minimum atomic E-state index is -1.07. The van der Waals surface area contributed by atoms with Gasteiger partial charge in [0.1, 0.15) is 6.04 Å². The van der Waals surface area contributed by atoms with E-state index in [2.05, 4.69) is 14.9 Å². The van der Waals surface area contributed by atoms with E-state index < -0.39 is 23.8 Å². The summed E-state index contributed by atoms with van der Waals surface area (Å²) in [6, 6.07) is -1.07. The van der Waals surface area contributed by atoms with Gasteiger partial charge >= 0.3 is 5.97 Å². The number of amides is 2. The van der Waals surface area contributed by atoms with E-state index in [0.717, 1.165) is 0 Å². The largest absolute Gasteiger partial charge is 0.341 e. The molecule has 1 saturated heterocycles. The van der Waals surface area contributed by atoms with Crippen LogP contribution in [0.2, 0.25) is 0 Å². The molecular formula is C7H8N4O4. The van der Waals surface area contributed by atoms with Gasteiger partial charge in [-0.05, 0) is 12.5 Å². The third-order valence-corrected chi connectivity index (χ3v) is 1.75. The lowest BCUT2D eigenvalue weighted by Crippen LogP contribution is -2.35. The Bertz CT molecular complexity index is 344. The Labute approximate surface area is 84.4 Å². The number of hydrogen-bond acceptors (Lipinski definition) is 5. The summed E-state index contributed by atoms with van der Waals surface area (Å²) in [6.07, 6.45) is 0.0595. The van der Waals surface area contributed by atoms with Gasteiger partial charge in [-0.1, -0.05) is 5.11 Å². The summed E-state index contributed by atoms with van der Waals surface area (Å²) < 4.78 is 0. The number of nitrogens with zero attached hydrogens (tertiary/aromatic N) is 4. The van der Waals surface area contributed by atoms with Crippen LogP contribution in [0, 0.1) is 0 Å². The molecule has 0 saturated carbocycles. The molecule has 0 N–H and O–H groups in total. The minimum Gasteiger partial charge on any atom is -0.330 e. The van der Waals surface area contributed by atoms with E-state index in [0.29, 0.717) is 5.06 Å². The molecule has 8 nitrogen and oxygen atoms in total. The number of hydroxylamine groups is 2. The molecule has 1 aliphatic rings. The lowest BCUT2D eigenvalue weighted by Gasteiger charge is -2.13. The van der Waals surface area contributed by atoms with E-state index in [1.807, 2.05) is 0 Å². The predicted molar refractivity (Wildman–Crippen MR) is 45.8 cm³/mol. The van der Waals surface area contributed by atoms with Crippen molar-refractivity contribution in [3.8, 4) is 0 Å². The first-order chi connectivity index (χ1) is 7.06. The molecule has 2 amide bonds. The number of azide groups is 1. The van der Waals surface area contributed by atoms with E-state index in [-0.39, 0.29) is 12.8 Å². The summed E-state index contributed by atoms with van der Waals surface area (Å²) in [5.41, 5.74) is 8.05. The smallest absolute Gasteiger partial charge is 0.330 e. The molecule has 0 unspecified atom stereocenters. The van der Waals surface area contributed by atoms with Gasteiger partial charge in [-0.25, -0.2) is 4.79 Å². The van der Waals surface area contributed by atoms with Crippen LogP contribution in [-0.2, 0) is 19.2 Å². The second-order valence-corrected chi connectivity index (χ2v) is 2.87. The van der Waals surface area contributed by atoms with Crippen LogP contribution in [0.15, 0.2) is 5.11 Å². The molecular weight excluding hydrogens is 204 g/mol. The Morgan fingerprint density at radius 2 is 2.07 bits per heavy atom. The van der Waals surface area contributed by atoms with Crippen molar-refractivity contribution in [1.29, 1.82) is 0 Å². The van der Waals surface area contributed by atoms with Crippen LogP contribution in [0.3, 0.4) is 0 Å². The highest BCUT2D eigenvalue weighted by molar-refractivity contribution is 6.01. The Balaban J connectivity index is 2.61. The molecule has 80 valence electrons. The monoisotopic (exact) mass is 212 g/mol. The molecule has 0 aliphatic carbocycles. The molecule has 0 spiro atoms. The van der Waals surface area contributed by atoms with Crippen LogP contribution in [0.5, 0.6) is 0 Å². The predicted octanol–water partition coefficient (Wildman–Crippen LogP) is 0.292. The van der Waals surface area contributed by atoms with Gasteiger partial charge in [-0.2, -0.15) is 0 Å². The zero-order valence-corrected chi connectivity index (χ0v) is 7.91. The standard InChI is InChI=1S/C7H8N4O4/c1-4(9-10-8)7(14)15-11-5(12)2-3-6(11)13/h4H,2-3H2,1H3/t4-/m0/s1. The molecule has 0 aromatic heterocycles. The lowest BCUT2D eigenvalue weighted by molar-refractivity contribution is -0.198. The number of carbonyl (C=O) groups excluding carboxylic acids is 3. The van der Waals surface area contributed by atoms with E-state index in [1.165, 1.54) is 6.92 Å². The van der Waals surface area contributed by atoms with E-state index in [1.54, 1.807) is 0 Å². The summed E-state index contributed by atoms with van der Waals surface area (Å²) in [5.74, 6) is -2.07. The molecule has 1 fully saturated rings. The Hall–Kier alpha value is -2.08. The van der Waals surface area contributed by atoms with Crippen molar-refractivity contribution in [3.05, 3.63) is 10.4 Å². The molecule has 1 aliphatic heterocycles. The van der Waals surface area contributed by atoms with Gasteiger partial charge in [0.15, 0.2) is 0 Å². The third-order valence-electron chi connectivity index (χ3n) is 1.75. The maximum Gasteiger partial charge on any atom is 0.341 e. The van der Waals surface area contributed by atoms with Crippen molar-refractivity contribution in [2.45, 2.75) is 25.8 Å². The lowest BCUT2D eigenvalue weighted by atomic mass is 10.4. The summed E-state index contributed by atoms with van der Waals surface area (Å²) in [7, 11) is 0. The van der Waals surface area contributed by atoms with Gasteiger partial charge in [0.25, 0.3) is 11.8 Å². The second kappa shape index (κ2) is 4.43. The number of imide groups is 1. The average molecular weight is 212 g/mol. The molecule has 0 bridgehead atoms. The molecule has 15 heavy (non-hydrogen) atoms. The fourth-order valence-corrected chi connectivity index (χ4v) is 0.949. The quantitative estimate of drug-likeness (QED) is 0.289. The van der Waals surface area contributed by atoms with E-state index in [4.69, 9.17) is 5.53 Å². The maximum absolute atomic E-state index is 11.1. The SMILES string of the molecule is C[C@H](N=[N+]=[N-])C(=O)ON1C(=O)CCC1=O. The molecule has 0 aromatic carbocycles. The van der Waals surface area contributed by atoms with Gasteiger partial charge in [-0.15, -0.1) is 5.06 Å². The van der Waals surface area contributed by atoms with Crippen molar-refractivity contribution in [3.63, 3.8) is 0 Å². The fraction of sp³-hybridized carbons (Fsp3) is 0.571. The third kappa shape index (κ3) is 2.44. The molecule has 0 radical (unpaired) electrons.